The van der Waals surface area contributed by atoms with Crippen molar-refractivity contribution in [1.29, 1.82) is 0 Å². The lowest BCUT2D eigenvalue weighted by Crippen LogP contribution is -2.09. The van der Waals surface area contributed by atoms with Gasteiger partial charge in [-0.2, -0.15) is 0 Å². The van der Waals surface area contributed by atoms with Crippen LogP contribution >= 0.6 is 0 Å². The first-order chi connectivity index (χ1) is 7.63. The van der Waals surface area contributed by atoms with E-state index in [1.165, 1.54) is 5.56 Å². The van der Waals surface area contributed by atoms with Crippen LogP contribution in [0.3, 0.4) is 0 Å². The molecule has 86 valence electrons. The van der Waals surface area contributed by atoms with Crippen LogP contribution in [0.4, 0.5) is 0 Å². The molecule has 1 aliphatic rings. The summed E-state index contributed by atoms with van der Waals surface area (Å²) in [6.45, 7) is 4.76. The van der Waals surface area contributed by atoms with Crippen LogP contribution in [0, 0.1) is 0 Å². The molecule has 1 fully saturated rings. The molecule has 2 rings (SSSR count). The summed E-state index contributed by atoms with van der Waals surface area (Å²) >= 11 is 0. The van der Waals surface area contributed by atoms with Crippen LogP contribution in [-0.2, 0) is 4.74 Å². The van der Waals surface area contributed by atoms with E-state index in [1.54, 1.807) is 7.11 Å². The number of methoxy groups -OCH3 is 1. The monoisotopic (exact) mass is 220 g/mol. The maximum absolute atomic E-state index is 11.9. The molecule has 0 aliphatic carbocycles. The van der Waals surface area contributed by atoms with E-state index in [0.717, 1.165) is 0 Å². The molecule has 1 unspecified atom stereocenters. The lowest BCUT2D eigenvalue weighted by Gasteiger charge is -2.11. The van der Waals surface area contributed by atoms with Gasteiger partial charge in [0.2, 0.25) is 0 Å². The molecule has 3 heteroatoms. The summed E-state index contributed by atoms with van der Waals surface area (Å²) in [4.78, 5) is 11.9. The number of hydrogen-bond acceptors (Lipinski definition) is 3. The summed E-state index contributed by atoms with van der Waals surface area (Å²) < 4.78 is 10.3. The first-order valence-corrected chi connectivity index (χ1v) is 5.47. The zero-order valence-electron chi connectivity index (χ0n) is 9.82. The molecule has 1 atom stereocenters. The minimum atomic E-state index is -0.251. The Kier molecular flexibility index (Phi) is 2.97. The number of ether oxygens (including phenoxy) is 2. The van der Waals surface area contributed by atoms with Crippen LogP contribution in [0.25, 0.3) is 0 Å². The molecule has 0 aromatic heterocycles. The van der Waals surface area contributed by atoms with Crippen LogP contribution in [-0.4, -0.2) is 25.6 Å². The van der Waals surface area contributed by atoms with E-state index in [4.69, 9.17) is 9.47 Å². The van der Waals surface area contributed by atoms with E-state index in [1.807, 2.05) is 18.2 Å². The minimum Gasteiger partial charge on any atom is -0.496 e. The maximum Gasteiger partial charge on any atom is 0.197 e. The fourth-order valence-corrected chi connectivity index (χ4v) is 1.64. The molecule has 3 nitrogen and oxygen atoms in total. The fraction of sp³-hybridized carbons (Fsp3) is 0.462. The second-order valence-corrected chi connectivity index (χ2v) is 4.30. The first-order valence-electron chi connectivity index (χ1n) is 5.47. The van der Waals surface area contributed by atoms with Crippen molar-refractivity contribution in [3.8, 4) is 5.75 Å². The number of hydrogen-bond donors (Lipinski definition) is 0. The lowest BCUT2D eigenvalue weighted by atomic mass is 9.98. The van der Waals surface area contributed by atoms with Gasteiger partial charge in [-0.3, -0.25) is 4.79 Å². The predicted octanol–water partition coefficient (Wildman–Crippen LogP) is 2.40. The van der Waals surface area contributed by atoms with Gasteiger partial charge in [-0.1, -0.05) is 19.9 Å². The summed E-state index contributed by atoms with van der Waals surface area (Å²) in [5, 5.41) is 0. The van der Waals surface area contributed by atoms with E-state index < -0.39 is 0 Å². The maximum atomic E-state index is 11.9. The molecular formula is C13H16O3. The molecule has 1 aromatic rings. The van der Waals surface area contributed by atoms with E-state index in [9.17, 15) is 4.79 Å². The van der Waals surface area contributed by atoms with E-state index in [0.29, 0.717) is 23.8 Å². The smallest absolute Gasteiger partial charge is 0.197 e. The van der Waals surface area contributed by atoms with Gasteiger partial charge in [0.05, 0.1) is 19.3 Å². The highest BCUT2D eigenvalue weighted by atomic mass is 16.6. The normalized spacial score (nSPS) is 18.6. The molecule has 1 heterocycles. The third kappa shape index (κ3) is 2.09. The summed E-state index contributed by atoms with van der Waals surface area (Å²) in [7, 11) is 1.59. The van der Waals surface area contributed by atoms with Crippen molar-refractivity contribution in [3.05, 3.63) is 29.3 Å². The number of epoxide rings is 1. The summed E-state index contributed by atoms with van der Waals surface area (Å²) in [6.07, 6.45) is -0.251. The Morgan fingerprint density at radius 3 is 2.69 bits per heavy atom. The Labute approximate surface area is 95.4 Å². The van der Waals surface area contributed by atoms with Crippen LogP contribution in [0.1, 0.15) is 35.7 Å². The molecule has 1 saturated heterocycles. The number of carbonyl (C=O) groups excluding carboxylic acids is 1. The molecule has 0 amide bonds. The molecule has 0 radical (unpaired) electrons. The highest BCUT2D eigenvalue weighted by Crippen LogP contribution is 2.28. The second-order valence-electron chi connectivity index (χ2n) is 4.30. The van der Waals surface area contributed by atoms with Gasteiger partial charge in [-0.05, 0) is 23.6 Å². The fourth-order valence-electron chi connectivity index (χ4n) is 1.64. The predicted molar refractivity (Wildman–Crippen MR) is 61.2 cm³/mol. The zero-order valence-corrected chi connectivity index (χ0v) is 9.82. The molecule has 1 aliphatic heterocycles. The Morgan fingerprint density at radius 2 is 2.19 bits per heavy atom. The van der Waals surface area contributed by atoms with Crippen molar-refractivity contribution in [3.63, 3.8) is 0 Å². The third-order valence-corrected chi connectivity index (χ3v) is 2.78. The van der Waals surface area contributed by atoms with Gasteiger partial charge < -0.3 is 9.47 Å². The van der Waals surface area contributed by atoms with E-state index in [2.05, 4.69) is 13.8 Å². The standard InChI is InChI=1S/C13H16O3/c1-8(2)9-4-5-10(11(6-9)15-3)13(14)12-7-16-12/h4-6,8,12H,7H2,1-3H3. The zero-order chi connectivity index (χ0) is 11.7. The van der Waals surface area contributed by atoms with Crippen molar-refractivity contribution in [2.75, 3.05) is 13.7 Å². The van der Waals surface area contributed by atoms with Crippen LogP contribution < -0.4 is 4.74 Å². The van der Waals surface area contributed by atoms with Crippen LogP contribution in [0.15, 0.2) is 18.2 Å². The van der Waals surface area contributed by atoms with Gasteiger partial charge >= 0.3 is 0 Å². The highest BCUT2D eigenvalue weighted by Gasteiger charge is 2.33. The van der Waals surface area contributed by atoms with Crippen molar-refractivity contribution in [2.45, 2.75) is 25.9 Å². The van der Waals surface area contributed by atoms with Gasteiger partial charge in [0.25, 0.3) is 0 Å². The molecule has 1 aromatic carbocycles. The average molecular weight is 220 g/mol. The molecule has 0 saturated carbocycles. The van der Waals surface area contributed by atoms with Gasteiger partial charge in [0, 0.05) is 0 Å². The van der Waals surface area contributed by atoms with Crippen molar-refractivity contribution >= 4 is 5.78 Å². The van der Waals surface area contributed by atoms with Gasteiger partial charge in [0.15, 0.2) is 5.78 Å². The molecule has 16 heavy (non-hydrogen) atoms. The number of Topliss-reactive ketones (excluding diaryl/α,β-unsaturated/α-hetero) is 1. The van der Waals surface area contributed by atoms with Crippen molar-refractivity contribution in [2.24, 2.45) is 0 Å². The SMILES string of the molecule is COc1cc(C(C)C)ccc1C(=O)C1CO1. The molecular weight excluding hydrogens is 204 g/mol. The van der Waals surface area contributed by atoms with Crippen molar-refractivity contribution in [1.82, 2.24) is 0 Å². The number of ketones is 1. The number of rotatable bonds is 4. The topological polar surface area (TPSA) is 38.8 Å². The Morgan fingerprint density at radius 1 is 1.50 bits per heavy atom. The Hall–Kier alpha value is -1.35. The third-order valence-electron chi connectivity index (χ3n) is 2.78. The van der Waals surface area contributed by atoms with Crippen LogP contribution in [0.5, 0.6) is 5.75 Å². The molecule has 0 N–H and O–H groups in total. The number of carbonyl (C=O) groups is 1. The second kappa shape index (κ2) is 4.26. The average Bonchev–Trinajstić information content (AvgIpc) is 3.11. The molecule has 0 bridgehead atoms. The Balaban J connectivity index is 2.34. The quantitative estimate of drug-likeness (QED) is 0.577. The summed E-state index contributed by atoms with van der Waals surface area (Å²) in [5.74, 6) is 1.09. The van der Waals surface area contributed by atoms with E-state index >= 15 is 0 Å². The minimum absolute atomic E-state index is 0.0205. The Bertz CT molecular complexity index is 406. The number of benzene rings is 1. The lowest BCUT2D eigenvalue weighted by molar-refractivity contribution is 0.0950. The summed E-state index contributed by atoms with van der Waals surface area (Å²) in [6, 6.07) is 5.74. The van der Waals surface area contributed by atoms with Gasteiger partial charge in [-0.25, -0.2) is 0 Å². The van der Waals surface area contributed by atoms with Gasteiger partial charge in [0.1, 0.15) is 11.9 Å². The first kappa shape index (κ1) is 11.1. The highest BCUT2D eigenvalue weighted by molar-refractivity contribution is 6.03. The molecule has 0 spiro atoms. The van der Waals surface area contributed by atoms with Crippen LogP contribution in [0.2, 0.25) is 0 Å². The van der Waals surface area contributed by atoms with Crippen molar-refractivity contribution < 1.29 is 14.3 Å². The summed E-state index contributed by atoms with van der Waals surface area (Å²) in [5.41, 5.74) is 1.79. The van der Waals surface area contributed by atoms with Gasteiger partial charge in [-0.15, -0.1) is 0 Å². The largest absolute Gasteiger partial charge is 0.496 e. The van der Waals surface area contributed by atoms with E-state index in [-0.39, 0.29) is 11.9 Å².